The van der Waals surface area contributed by atoms with Gasteiger partial charge < -0.3 is 9.80 Å². The standard InChI is InChI=1S/C17H20N2O3/c1-18(16(21)13-6-4-3-5-12(13)10-20)14-8-7-11-9-15(11)19(2)17(14)22/h3-6,10-11,14-15H,7-9H2,1-2H3/t11?,14-,15?/m0/s1. The van der Waals surface area contributed by atoms with Crippen LogP contribution in [0.2, 0.25) is 0 Å². The first-order valence-corrected chi connectivity index (χ1v) is 7.62. The Labute approximate surface area is 129 Å². The molecule has 1 aromatic carbocycles. The third kappa shape index (κ3) is 2.40. The molecular weight excluding hydrogens is 280 g/mol. The van der Waals surface area contributed by atoms with Gasteiger partial charge in [-0.1, -0.05) is 18.2 Å². The molecule has 1 saturated heterocycles. The van der Waals surface area contributed by atoms with E-state index in [-0.39, 0.29) is 11.8 Å². The summed E-state index contributed by atoms with van der Waals surface area (Å²) in [6.07, 6.45) is 3.42. The maximum absolute atomic E-state index is 12.7. The maximum Gasteiger partial charge on any atom is 0.255 e. The minimum atomic E-state index is -0.440. The summed E-state index contributed by atoms with van der Waals surface area (Å²) >= 11 is 0. The van der Waals surface area contributed by atoms with Gasteiger partial charge in [-0.05, 0) is 31.2 Å². The Bertz CT molecular complexity index is 628. The molecule has 1 aromatic rings. The largest absolute Gasteiger partial charge is 0.341 e. The van der Waals surface area contributed by atoms with Crippen LogP contribution in [0.5, 0.6) is 0 Å². The first-order valence-electron chi connectivity index (χ1n) is 7.62. The average Bonchev–Trinajstić information content (AvgIpc) is 3.32. The van der Waals surface area contributed by atoms with Crippen molar-refractivity contribution >= 4 is 18.1 Å². The van der Waals surface area contributed by atoms with Crippen molar-refractivity contribution < 1.29 is 14.4 Å². The van der Waals surface area contributed by atoms with Crippen molar-refractivity contribution in [1.82, 2.24) is 9.80 Å². The molecule has 0 aromatic heterocycles. The summed E-state index contributed by atoms with van der Waals surface area (Å²) in [6, 6.07) is 6.60. The summed E-state index contributed by atoms with van der Waals surface area (Å²) in [6.45, 7) is 0. The first kappa shape index (κ1) is 14.8. The smallest absolute Gasteiger partial charge is 0.255 e. The van der Waals surface area contributed by atoms with Crippen LogP contribution in [-0.4, -0.2) is 54.1 Å². The molecule has 3 atom stereocenters. The SMILES string of the molecule is CN1C(=O)[C@@H](N(C)C(=O)c2ccccc2C=O)CCC2CC21. The van der Waals surface area contributed by atoms with Crippen LogP contribution in [0.25, 0.3) is 0 Å². The van der Waals surface area contributed by atoms with Gasteiger partial charge in [0.2, 0.25) is 5.91 Å². The zero-order valence-electron chi connectivity index (χ0n) is 12.9. The number of carbonyl (C=O) groups is 3. The van der Waals surface area contributed by atoms with Gasteiger partial charge in [0.15, 0.2) is 6.29 Å². The second-order valence-electron chi connectivity index (χ2n) is 6.23. The normalized spacial score (nSPS) is 26.9. The molecule has 3 rings (SSSR count). The second-order valence-corrected chi connectivity index (χ2v) is 6.23. The molecule has 0 radical (unpaired) electrons. The number of hydrogen-bond donors (Lipinski definition) is 0. The number of fused-ring (bicyclic) bond motifs is 1. The Kier molecular flexibility index (Phi) is 3.72. The van der Waals surface area contributed by atoms with E-state index in [1.807, 2.05) is 7.05 Å². The highest BCUT2D eigenvalue weighted by Crippen LogP contribution is 2.42. The van der Waals surface area contributed by atoms with E-state index in [1.165, 1.54) is 4.90 Å². The van der Waals surface area contributed by atoms with E-state index in [0.29, 0.717) is 35.8 Å². The number of nitrogens with zero attached hydrogens (tertiary/aromatic N) is 2. The zero-order chi connectivity index (χ0) is 15.9. The minimum Gasteiger partial charge on any atom is -0.341 e. The van der Waals surface area contributed by atoms with E-state index in [2.05, 4.69) is 0 Å². The lowest BCUT2D eigenvalue weighted by molar-refractivity contribution is -0.134. The molecule has 2 amide bonds. The van der Waals surface area contributed by atoms with E-state index in [1.54, 1.807) is 36.2 Å². The predicted octanol–water partition coefficient (Wildman–Crippen LogP) is 1.58. The summed E-state index contributed by atoms with van der Waals surface area (Å²) in [5.74, 6) is 0.319. The van der Waals surface area contributed by atoms with Crippen molar-refractivity contribution in [2.75, 3.05) is 14.1 Å². The van der Waals surface area contributed by atoms with Gasteiger partial charge in [0.25, 0.3) is 5.91 Å². The third-order valence-electron chi connectivity index (χ3n) is 4.93. The van der Waals surface area contributed by atoms with E-state index in [9.17, 15) is 14.4 Å². The van der Waals surface area contributed by atoms with Crippen LogP contribution in [0.1, 0.15) is 40.0 Å². The van der Waals surface area contributed by atoms with Gasteiger partial charge in [-0.3, -0.25) is 14.4 Å². The van der Waals surface area contributed by atoms with Crippen LogP contribution >= 0.6 is 0 Å². The summed E-state index contributed by atoms with van der Waals surface area (Å²) in [5.41, 5.74) is 0.710. The summed E-state index contributed by atoms with van der Waals surface area (Å²) in [4.78, 5) is 39.6. The topological polar surface area (TPSA) is 57.7 Å². The molecule has 5 heteroatoms. The zero-order valence-corrected chi connectivity index (χ0v) is 12.9. The molecule has 116 valence electrons. The van der Waals surface area contributed by atoms with Crippen LogP contribution in [0.15, 0.2) is 24.3 Å². The van der Waals surface area contributed by atoms with E-state index in [4.69, 9.17) is 0 Å². The van der Waals surface area contributed by atoms with Gasteiger partial charge in [0, 0.05) is 25.7 Å². The van der Waals surface area contributed by atoms with Crippen molar-refractivity contribution in [2.24, 2.45) is 5.92 Å². The highest BCUT2D eigenvalue weighted by atomic mass is 16.2. The predicted molar refractivity (Wildman–Crippen MR) is 81.6 cm³/mol. The second kappa shape index (κ2) is 5.55. The molecule has 1 aliphatic heterocycles. The Morgan fingerprint density at radius 1 is 1.32 bits per heavy atom. The van der Waals surface area contributed by atoms with E-state index >= 15 is 0 Å². The van der Waals surface area contributed by atoms with Crippen molar-refractivity contribution in [3.63, 3.8) is 0 Å². The fraction of sp³-hybridized carbons (Fsp3) is 0.471. The molecule has 1 saturated carbocycles. The Morgan fingerprint density at radius 2 is 2.05 bits per heavy atom. The molecule has 1 aliphatic carbocycles. The Morgan fingerprint density at radius 3 is 2.77 bits per heavy atom. The number of hydrogen-bond acceptors (Lipinski definition) is 3. The maximum atomic E-state index is 12.7. The van der Waals surface area contributed by atoms with Gasteiger partial charge in [0.1, 0.15) is 6.04 Å². The van der Waals surface area contributed by atoms with Gasteiger partial charge in [-0.2, -0.15) is 0 Å². The molecule has 2 unspecified atom stereocenters. The Balaban J connectivity index is 1.83. The summed E-state index contributed by atoms with van der Waals surface area (Å²) < 4.78 is 0. The quantitative estimate of drug-likeness (QED) is 0.796. The van der Waals surface area contributed by atoms with Crippen molar-refractivity contribution in [2.45, 2.75) is 31.3 Å². The number of likely N-dealkylation sites (tertiary alicyclic amines) is 1. The number of amides is 2. The number of benzene rings is 1. The molecular formula is C17H20N2O3. The number of likely N-dealkylation sites (N-methyl/N-ethyl adjacent to an activating group) is 2. The van der Waals surface area contributed by atoms with Gasteiger partial charge in [-0.15, -0.1) is 0 Å². The highest BCUT2D eigenvalue weighted by molar-refractivity contribution is 6.03. The number of carbonyl (C=O) groups excluding carboxylic acids is 3. The van der Waals surface area contributed by atoms with Gasteiger partial charge in [-0.25, -0.2) is 0 Å². The van der Waals surface area contributed by atoms with Gasteiger partial charge in [0.05, 0.1) is 5.56 Å². The average molecular weight is 300 g/mol. The van der Waals surface area contributed by atoms with E-state index in [0.717, 1.165) is 12.8 Å². The third-order valence-corrected chi connectivity index (χ3v) is 4.93. The van der Waals surface area contributed by atoms with Crippen molar-refractivity contribution in [3.05, 3.63) is 35.4 Å². The lowest BCUT2D eigenvalue weighted by Gasteiger charge is -2.29. The van der Waals surface area contributed by atoms with Crippen molar-refractivity contribution in [3.8, 4) is 0 Å². The monoisotopic (exact) mass is 300 g/mol. The number of aldehydes is 1. The molecule has 5 nitrogen and oxygen atoms in total. The van der Waals surface area contributed by atoms with Crippen molar-refractivity contribution in [1.29, 1.82) is 0 Å². The van der Waals surface area contributed by atoms with E-state index < -0.39 is 6.04 Å². The van der Waals surface area contributed by atoms with Crippen LogP contribution in [0.4, 0.5) is 0 Å². The first-order chi connectivity index (χ1) is 10.5. The molecule has 0 N–H and O–H groups in total. The summed E-state index contributed by atoms with van der Waals surface area (Å²) in [7, 11) is 3.47. The fourth-order valence-electron chi connectivity index (χ4n) is 3.40. The summed E-state index contributed by atoms with van der Waals surface area (Å²) in [5, 5.41) is 0. The van der Waals surface area contributed by atoms with Crippen LogP contribution in [0.3, 0.4) is 0 Å². The highest BCUT2D eigenvalue weighted by Gasteiger charge is 2.47. The molecule has 2 fully saturated rings. The molecule has 2 aliphatic rings. The van der Waals surface area contributed by atoms with Crippen LogP contribution < -0.4 is 0 Å². The lowest BCUT2D eigenvalue weighted by Crippen LogP contribution is -2.48. The molecule has 22 heavy (non-hydrogen) atoms. The molecule has 0 bridgehead atoms. The van der Waals surface area contributed by atoms with Crippen LogP contribution in [0, 0.1) is 5.92 Å². The van der Waals surface area contributed by atoms with Gasteiger partial charge >= 0.3 is 0 Å². The number of rotatable bonds is 3. The fourth-order valence-corrected chi connectivity index (χ4v) is 3.40. The Hall–Kier alpha value is -2.17. The molecule has 0 spiro atoms. The molecule has 1 heterocycles. The minimum absolute atomic E-state index is 0.00411. The van der Waals surface area contributed by atoms with Crippen LogP contribution in [-0.2, 0) is 4.79 Å². The lowest BCUT2D eigenvalue weighted by atomic mass is 10.0.